The van der Waals surface area contributed by atoms with Crippen LogP contribution in [0.4, 0.5) is 0 Å². The summed E-state index contributed by atoms with van der Waals surface area (Å²) in [5, 5.41) is 0.506. The third-order valence-corrected chi connectivity index (χ3v) is 5.44. The van der Waals surface area contributed by atoms with Gasteiger partial charge in [-0.15, -0.1) is 0 Å². The van der Waals surface area contributed by atoms with Gasteiger partial charge in [-0.3, -0.25) is 14.2 Å². The SMILES string of the molecule is CCOc1ccc(CN(CC)C(=O)c2ccc3c(=O)n(CC)c(=S)[nH]c3c2)cc1OC. The zero-order chi connectivity index (χ0) is 22.5. The minimum atomic E-state index is -0.158. The second kappa shape index (κ2) is 9.78. The van der Waals surface area contributed by atoms with E-state index in [0.29, 0.717) is 59.0 Å². The molecule has 3 aromatic rings. The Kier molecular flexibility index (Phi) is 7.12. The van der Waals surface area contributed by atoms with Crippen molar-refractivity contribution in [2.24, 2.45) is 0 Å². The lowest BCUT2D eigenvalue weighted by molar-refractivity contribution is 0.0752. The van der Waals surface area contributed by atoms with Crippen LogP contribution in [-0.2, 0) is 13.1 Å². The number of H-pyrrole nitrogens is 1. The van der Waals surface area contributed by atoms with Crippen molar-refractivity contribution in [3.05, 3.63) is 62.6 Å². The topological polar surface area (TPSA) is 76.6 Å². The summed E-state index contributed by atoms with van der Waals surface area (Å²) in [5.41, 5.74) is 1.83. The number of amides is 1. The largest absolute Gasteiger partial charge is 0.493 e. The molecule has 0 saturated carbocycles. The van der Waals surface area contributed by atoms with Crippen LogP contribution in [0, 0.1) is 4.77 Å². The van der Waals surface area contributed by atoms with E-state index in [1.54, 1.807) is 30.2 Å². The van der Waals surface area contributed by atoms with Crippen LogP contribution in [0.25, 0.3) is 10.9 Å². The van der Waals surface area contributed by atoms with Crippen molar-refractivity contribution in [1.29, 1.82) is 0 Å². The van der Waals surface area contributed by atoms with Crippen molar-refractivity contribution in [3.8, 4) is 11.5 Å². The first-order valence-electron chi connectivity index (χ1n) is 10.3. The first kappa shape index (κ1) is 22.6. The molecular formula is C23H27N3O4S. The summed E-state index contributed by atoms with van der Waals surface area (Å²) in [6.07, 6.45) is 0. The van der Waals surface area contributed by atoms with E-state index in [-0.39, 0.29) is 11.5 Å². The summed E-state index contributed by atoms with van der Waals surface area (Å²) in [7, 11) is 1.59. The van der Waals surface area contributed by atoms with Gasteiger partial charge in [0, 0.05) is 25.2 Å². The van der Waals surface area contributed by atoms with Crippen LogP contribution in [0.5, 0.6) is 11.5 Å². The number of hydrogen-bond donors (Lipinski definition) is 1. The first-order valence-corrected chi connectivity index (χ1v) is 10.7. The molecule has 0 fully saturated rings. The molecule has 1 amide bonds. The number of aromatic nitrogens is 2. The minimum Gasteiger partial charge on any atom is -0.493 e. The van der Waals surface area contributed by atoms with Crippen molar-refractivity contribution >= 4 is 29.0 Å². The molecule has 0 radical (unpaired) electrons. The molecule has 1 heterocycles. The Morgan fingerprint density at radius 2 is 1.90 bits per heavy atom. The number of hydrogen-bond acceptors (Lipinski definition) is 5. The highest BCUT2D eigenvalue weighted by atomic mass is 32.1. The van der Waals surface area contributed by atoms with Crippen LogP contribution in [0.15, 0.2) is 41.2 Å². The van der Waals surface area contributed by atoms with E-state index in [1.807, 2.05) is 39.0 Å². The summed E-state index contributed by atoms with van der Waals surface area (Å²) in [6.45, 7) is 7.69. The summed E-state index contributed by atoms with van der Waals surface area (Å²) in [6, 6.07) is 10.7. The predicted molar refractivity (Wildman–Crippen MR) is 124 cm³/mol. The van der Waals surface area contributed by atoms with Gasteiger partial charge in [-0.2, -0.15) is 0 Å². The maximum Gasteiger partial charge on any atom is 0.262 e. The predicted octanol–water partition coefficient (Wildman–Crippen LogP) is 4.15. The fraction of sp³-hybridized carbons (Fsp3) is 0.348. The lowest BCUT2D eigenvalue weighted by Crippen LogP contribution is -2.30. The molecule has 3 rings (SSSR count). The molecule has 0 spiro atoms. The zero-order valence-corrected chi connectivity index (χ0v) is 19.0. The number of rotatable bonds is 8. The van der Waals surface area contributed by atoms with Gasteiger partial charge in [0.1, 0.15) is 0 Å². The maximum absolute atomic E-state index is 13.2. The minimum absolute atomic E-state index is 0.128. The smallest absolute Gasteiger partial charge is 0.262 e. The van der Waals surface area contributed by atoms with E-state index in [0.717, 1.165) is 5.56 Å². The molecule has 0 aliphatic carbocycles. The number of methoxy groups -OCH3 is 1. The fourth-order valence-corrected chi connectivity index (χ4v) is 3.81. The normalized spacial score (nSPS) is 10.8. The van der Waals surface area contributed by atoms with Gasteiger partial charge in [0.2, 0.25) is 0 Å². The third-order valence-electron chi connectivity index (χ3n) is 5.12. The summed E-state index contributed by atoms with van der Waals surface area (Å²) in [5.74, 6) is 1.18. The van der Waals surface area contributed by atoms with Gasteiger partial charge in [0.25, 0.3) is 11.5 Å². The van der Waals surface area contributed by atoms with Gasteiger partial charge in [-0.25, -0.2) is 0 Å². The Balaban J connectivity index is 1.91. The second-order valence-electron chi connectivity index (χ2n) is 6.98. The van der Waals surface area contributed by atoms with Crippen molar-refractivity contribution in [2.45, 2.75) is 33.9 Å². The highest BCUT2D eigenvalue weighted by Crippen LogP contribution is 2.28. The highest BCUT2D eigenvalue weighted by molar-refractivity contribution is 7.71. The lowest BCUT2D eigenvalue weighted by Gasteiger charge is -2.22. The summed E-state index contributed by atoms with van der Waals surface area (Å²) < 4.78 is 12.8. The standard InChI is InChI=1S/C23H27N3O4S/c1-5-25(14-15-8-11-19(30-7-3)20(12-15)29-4)21(27)16-9-10-17-18(13-16)24-23(31)26(6-2)22(17)28/h8-13H,5-7,14H2,1-4H3,(H,24,31). The molecule has 31 heavy (non-hydrogen) atoms. The Morgan fingerprint density at radius 3 is 2.55 bits per heavy atom. The van der Waals surface area contributed by atoms with Gasteiger partial charge in [-0.1, -0.05) is 6.07 Å². The summed E-state index contributed by atoms with van der Waals surface area (Å²) in [4.78, 5) is 30.6. The quantitative estimate of drug-likeness (QED) is 0.532. The van der Waals surface area contributed by atoms with Crippen LogP contribution in [0.1, 0.15) is 36.7 Å². The van der Waals surface area contributed by atoms with E-state index < -0.39 is 0 Å². The molecule has 0 unspecified atom stereocenters. The number of benzene rings is 2. The molecule has 0 bridgehead atoms. The molecule has 0 saturated heterocycles. The van der Waals surface area contributed by atoms with Gasteiger partial charge in [0.05, 0.1) is 24.6 Å². The number of aromatic amines is 1. The van der Waals surface area contributed by atoms with Crippen molar-refractivity contribution in [1.82, 2.24) is 14.5 Å². The monoisotopic (exact) mass is 441 g/mol. The van der Waals surface area contributed by atoms with E-state index in [1.165, 1.54) is 4.57 Å². The average molecular weight is 442 g/mol. The number of nitrogens with one attached hydrogen (secondary N) is 1. The van der Waals surface area contributed by atoms with Crippen LogP contribution >= 0.6 is 12.2 Å². The number of fused-ring (bicyclic) bond motifs is 1. The Hall–Kier alpha value is -3.13. The van der Waals surface area contributed by atoms with Crippen molar-refractivity contribution < 1.29 is 14.3 Å². The Labute approximate surface area is 186 Å². The molecule has 164 valence electrons. The zero-order valence-electron chi connectivity index (χ0n) is 18.2. The fourth-order valence-electron chi connectivity index (χ4n) is 3.49. The third kappa shape index (κ3) is 4.64. The van der Waals surface area contributed by atoms with Crippen LogP contribution in [0.3, 0.4) is 0 Å². The molecular weight excluding hydrogens is 414 g/mol. The van der Waals surface area contributed by atoms with Gasteiger partial charge < -0.3 is 19.4 Å². The Morgan fingerprint density at radius 1 is 1.13 bits per heavy atom. The van der Waals surface area contributed by atoms with Crippen LogP contribution in [-0.4, -0.2) is 40.6 Å². The highest BCUT2D eigenvalue weighted by Gasteiger charge is 2.17. The lowest BCUT2D eigenvalue weighted by atomic mass is 10.1. The molecule has 2 aromatic carbocycles. The first-order chi connectivity index (χ1) is 14.9. The number of carbonyl (C=O) groups excluding carboxylic acids is 1. The molecule has 7 nitrogen and oxygen atoms in total. The van der Waals surface area contributed by atoms with E-state index >= 15 is 0 Å². The summed E-state index contributed by atoms with van der Waals surface area (Å²) >= 11 is 5.28. The van der Waals surface area contributed by atoms with E-state index in [9.17, 15) is 9.59 Å². The molecule has 0 atom stereocenters. The number of carbonyl (C=O) groups is 1. The van der Waals surface area contributed by atoms with Gasteiger partial charge >= 0.3 is 0 Å². The molecule has 8 heteroatoms. The number of ether oxygens (including phenoxy) is 2. The van der Waals surface area contributed by atoms with Gasteiger partial charge in [-0.05, 0) is 68.9 Å². The van der Waals surface area contributed by atoms with E-state index in [4.69, 9.17) is 21.7 Å². The average Bonchev–Trinajstić information content (AvgIpc) is 2.77. The van der Waals surface area contributed by atoms with Crippen LogP contribution < -0.4 is 15.0 Å². The Bertz CT molecular complexity index is 1220. The van der Waals surface area contributed by atoms with Crippen LogP contribution in [0.2, 0.25) is 0 Å². The molecule has 1 aromatic heterocycles. The molecule has 1 N–H and O–H groups in total. The van der Waals surface area contributed by atoms with Crippen molar-refractivity contribution in [2.75, 3.05) is 20.3 Å². The number of nitrogens with zero attached hydrogens (tertiary/aromatic N) is 2. The van der Waals surface area contributed by atoms with Crippen molar-refractivity contribution in [3.63, 3.8) is 0 Å². The van der Waals surface area contributed by atoms with Gasteiger partial charge in [0.15, 0.2) is 16.3 Å². The molecule has 0 aliphatic rings. The van der Waals surface area contributed by atoms with E-state index in [2.05, 4.69) is 4.98 Å². The second-order valence-corrected chi connectivity index (χ2v) is 7.36. The maximum atomic E-state index is 13.2. The molecule has 0 aliphatic heterocycles.